The van der Waals surface area contributed by atoms with Crippen molar-refractivity contribution in [1.29, 1.82) is 0 Å². The number of esters is 1. The summed E-state index contributed by atoms with van der Waals surface area (Å²) in [7, 11) is 0. The number of rotatable bonds is 10. The molecule has 6 nitrogen and oxygen atoms in total. The molecule has 1 amide bonds. The van der Waals surface area contributed by atoms with Crippen LogP contribution in [-0.4, -0.2) is 74.2 Å². The van der Waals surface area contributed by atoms with E-state index in [1.54, 1.807) is 11.8 Å². The molecule has 2 rings (SSSR count). The van der Waals surface area contributed by atoms with E-state index in [4.69, 9.17) is 9.47 Å². The Kier molecular flexibility index (Phi) is 9.28. The number of carbonyl (C=O) groups excluding carboxylic acids is 2. The lowest BCUT2D eigenvalue weighted by atomic mass is 10.1. The molecule has 1 aromatic rings. The molecule has 0 N–H and O–H groups in total. The quantitative estimate of drug-likeness (QED) is 0.585. The number of ether oxygens (including phenoxy) is 2. The molecule has 1 fully saturated rings. The number of morpholine rings is 1. The minimum Gasteiger partial charge on any atom is -0.466 e. The van der Waals surface area contributed by atoms with Crippen LogP contribution in [0.1, 0.15) is 30.9 Å². The summed E-state index contributed by atoms with van der Waals surface area (Å²) in [5.41, 5.74) is 2.37. The van der Waals surface area contributed by atoms with Crippen LogP contribution in [0.3, 0.4) is 0 Å². The van der Waals surface area contributed by atoms with E-state index in [1.165, 1.54) is 5.56 Å². The number of benzene rings is 1. The molecule has 1 aromatic carbocycles. The molecule has 6 heteroatoms. The largest absolute Gasteiger partial charge is 0.466 e. The average molecular weight is 376 g/mol. The van der Waals surface area contributed by atoms with Gasteiger partial charge in [-0.3, -0.25) is 14.5 Å². The van der Waals surface area contributed by atoms with Gasteiger partial charge < -0.3 is 14.4 Å². The normalized spacial score (nSPS) is 14.7. The first-order valence-corrected chi connectivity index (χ1v) is 9.87. The van der Waals surface area contributed by atoms with Gasteiger partial charge in [-0.15, -0.1) is 0 Å². The summed E-state index contributed by atoms with van der Waals surface area (Å²) in [6.07, 6.45) is 1.41. The average Bonchev–Trinajstić information content (AvgIpc) is 2.68. The molecule has 0 aromatic heterocycles. The van der Waals surface area contributed by atoms with E-state index >= 15 is 0 Å². The first kappa shape index (κ1) is 21.4. The Morgan fingerprint density at radius 2 is 1.81 bits per heavy atom. The van der Waals surface area contributed by atoms with Crippen LogP contribution >= 0.6 is 0 Å². The smallest absolute Gasteiger partial charge is 0.307 e. The lowest BCUT2D eigenvalue weighted by Crippen LogP contribution is -2.43. The molecule has 1 saturated heterocycles. The number of amides is 1. The fraction of sp³-hybridized carbons (Fsp3) is 0.619. The Balaban J connectivity index is 1.86. The van der Waals surface area contributed by atoms with E-state index < -0.39 is 0 Å². The van der Waals surface area contributed by atoms with Crippen LogP contribution in [0.25, 0.3) is 0 Å². The highest BCUT2D eigenvalue weighted by atomic mass is 16.5. The summed E-state index contributed by atoms with van der Waals surface area (Å²) in [5, 5.41) is 0. The Bertz CT molecular complexity index is 582. The molecular formula is C21H32N2O4. The highest BCUT2D eigenvalue weighted by Gasteiger charge is 2.18. The van der Waals surface area contributed by atoms with Crippen molar-refractivity contribution in [3.05, 3.63) is 35.4 Å². The van der Waals surface area contributed by atoms with Gasteiger partial charge in [-0.1, -0.05) is 29.8 Å². The first-order valence-electron chi connectivity index (χ1n) is 9.87. The topological polar surface area (TPSA) is 59.1 Å². The maximum Gasteiger partial charge on any atom is 0.307 e. The second-order valence-electron chi connectivity index (χ2n) is 6.88. The van der Waals surface area contributed by atoms with Crippen molar-refractivity contribution in [1.82, 2.24) is 9.80 Å². The van der Waals surface area contributed by atoms with Gasteiger partial charge in [0, 0.05) is 39.1 Å². The summed E-state index contributed by atoms with van der Waals surface area (Å²) >= 11 is 0. The summed E-state index contributed by atoms with van der Waals surface area (Å²) in [6, 6.07) is 8.27. The predicted molar refractivity (Wildman–Crippen MR) is 105 cm³/mol. The predicted octanol–water partition coefficient (Wildman–Crippen LogP) is 2.04. The lowest BCUT2D eigenvalue weighted by molar-refractivity contribution is -0.144. The van der Waals surface area contributed by atoms with Crippen molar-refractivity contribution < 1.29 is 19.1 Å². The van der Waals surface area contributed by atoms with Gasteiger partial charge in [0.05, 0.1) is 26.2 Å². The van der Waals surface area contributed by atoms with Gasteiger partial charge in [0.1, 0.15) is 0 Å². The van der Waals surface area contributed by atoms with Crippen molar-refractivity contribution in [3.8, 4) is 0 Å². The molecule has 0 saturated carbocycles. The number of carbonyl (C=O) groups is 2. The highest BCUT2D eigenvalue weighted by Crippen LogP contribution is 2.08. The van der Waals surface area contributed by atoms with Crippen LogP contribution in [0.5, 0.6) is 0 Å². The summed E-state index contributed by atoms with van der Waals surface area (Å²) < 4.78 is 10.4. The molecule has 0 unspecified atom stereocenters. The Labute approximate surface area is 162 Å². The van der Waals surface area contributed by atoms with Crippen LogP contribution in [0.4, 0.5) is 0 Å². The fourth-order valence-corrected chi connectivity index (χ4v) is 3.07. The van der Waals surface area contributed by atoms with Gasteiger partial charge in [0.25, 0.3) is 0 Å². The second-order valence-corrected chi connectivity index (χ2v) is 6.88. The van der Waals surface area contributed by atoms with Gasteiger partial charge in [-0.05, 0) is 25.8 Å². The maximum atomic E-state index is 12.8. The van der Waals surface area contributed by atoms with Crippen molar-refractivity contribution in [2.75, 3.05) is 52.5 Å². The van der Waals surface area contributed by atoms with Gasteiger partial charge in [0.15, 0.2) is 0 Å². The first-order chi connectivity index (χ1) is 13.1. The van der Waals surface area contributed by atoms with Crippen LogP contribution in [0.2, 0.25) is 0 Å². The Morgan fingerprint density at radius 1 is 1.11 bits per heavy atom. The number of hydrogen-bond donors (Lipinski definition) is 0. The number of hydrogen-bond acceptors (Lipinski definition) is 5. The van der Waals surface area contributed by atoms with E-state index in [0.717, 1.165) is 38.4 Å². The second kappa shape index (κ2) is 11.7. The Hall–Kier alpha value is -1.92. The highest BCUT2D eigenvalue weighted by molar-refractivity contribution is 5.77. The molecule has 0 aliphatic carbocycles. The zero-order valence-corrected chi connectivity index (χ0v) is 16.6. The van der Waals surface area contributed by atoms with E-state index in [0.29, 0.717) is 32.5 Å². The lowest BCUT2D eigenvalue weighted by Gasteiger charge is -2.30. The summed E-state index contributed by atoms with van der Waals surface area (Å²) in [5.74, 6) is -0.159. The number of aryl methyl sites for hydroxylation is 2. The van der Waals surface area contributed by atoms with E-state index in [-0.39, 0.29) is 18.3 Å². The standard InChI is InChI=1S/C21H32N2O4/c1-3-27-21(25)10-11-23(13-12-22-14-16-26-17-15-22)20(24)9-8-19-6-4-18(2)5-7-19/h4-7H,3,8-17H2,1-2H3. The van der Waals surface area contributed by atoms with Crippen molar-refractivity contribution in [3.63, 3.8) is 0 Å². The molecule has 0 radical (unpaired) electrons. The van der Waals surface area contributed by atoms with Crippen LogP contribution in [0.15, 0.2) is 24.3 Å². The Morgan fingerprint density at radius 3 is 2.48 bits per heavy atom. The van der Waals surface area contributed by atoms with E-state index in [2.05, 4.69) is 36.1 Å². The summed E-state index contributed by atoms with van der Waals surface area (Å²) in [6.45, 7) is 9.33. The number of nitrogens with zero attached hydrogens (tertiary/aromatic N) is 2. The molecule has 1 heterocycles. The van der Waals surface area contributed by atoms with Gasteiger partial charge >= 0.3 is 5.97 Å². The van der Waals surface area contributed by atoms with Crippen LogP contribution < -0.4 is 0 Å². The zero-order chi connectivity index (χ0) is 19.5. The van der Waals surface area contributed by atoms with Gasteiger partial charge in [-0.25, -0.2) is 0 Å². The molecule has 1 aliphatic heterocycles. The third-order valence-electron chi connectivity index (χ3n) is 4.78. The van der Waals surface area contributed by atoms with Crippen molar-refractivity contribution in [2.24, 2.45) is 0 Å². The molecular weight excluding hydrogens is 344 g/mol. The maximum absolute atomic E-state index is 12.8. The van der Waals surface area contributed by atoms with Gasteiger partial charge in [-0.2, -0.15) is 0 Å². The van der Waals surface area contributed by atoms with Crippen LogP contribution in [0, 0.1) is 6.92 Å². The minimum atomic E-state index is -0.250. The molecule has 150 valence electrons. The minimum absolute atomic E-state index is 0.0909. The molecule has 0 spiro atoms. The zero-order valence-electron chi connectivity index (χ0n) is 16.6. The fourth-order valence-electron chi connectivity index (χ4n) is 3.07. The molecule has 1 aliphatic rings. The van der Waals surface area contributed by atoms with E-state index in [1.807, 2.05) is 0 Å². The molecule has 0 atom stereocenters. The SMILES string of the molecule is CCOC(=O)CCN(CCN1CCOCC1)C(=O)CCc1ccc(C)cc1. The van der Waals surface area contributed by atoms with Crippen molar-refractivity contribution in [2.45, 2.75) is 33.1 Å². The van der Waals surface area contributed by atoms with Crippen LogP contribution in [-0.2, 0) is 25.5 Å². The van der Waals surface area contributed by atoms with Crippen molar-refractivity contribution >= 4 is 11.9 Å². The summed E-state index contributed by atoms with van der Waals surface area (Å²) in [4.78, 5) is 28.6. The molecule has 0 bridgehead atoms. The third-order valence-corrected chi connectivity index (χ3v) is 4.78. The third kappa shape index (κ3) is 8.10. The van der Waals surface area contributed by atoms with Gasteiger partial charge in [0.2, 0.25) is 5.91 Å². The van der Waals surface area contributed by atoms with E-state index in [9.17, 15) is 9.59 Å². The monoisotopic (exact) mass is 376 g/mol. The molecule has 27 heavy (non-hydrogen) atoms.